The fraction of sp³-hybridized carbons (Fsp3) is 0.174. The third-order valence-electron chi connectivity index (χ3n) is 4.98. The Balaban J connectivity index is 1.52. The van der Waals surface area contributed by atoms with Gasteiger partial charge in [0.1, 0.15) is 11.7 Å². The molecule has 2 aromatic heterocycles. The number of thioether (sulfide) groups is 1. The van der Waals surface area contributed by atoms with Gasteiger partial charge in [-0.1, -0.05) is 42.5 Å². The Hall–Kier alpha value is -3.50. The molecular weight excluding hydrogens is 396 g/mol. The van der Waals surface area contributed by atoms with Crippen LogP contribution in [0, 0.1) is 11.3 Å². The average Bonchev–Trinajstić information content (AvgIpc) is 3.16. The van der Waals surface area contributed by atoms with Crippen molar-refractivity contribution in [2.24, 2.45) is 0 Å². The molecule has 0 fully saturated rings. The number of amides is 1. The number of pyridine rings is 1. The number of imidazole rings is 1. The minimum Gasteiger partial charge on any atom is -0.351 e. The summed E-state index contributed by atoms with van der Waals surface area (Å²) in [5.41, 5.74) is 3.91. The van der Waals surface area contributed by atoms with Gasteiger partial charge in [0.25, 0.3) is 5.56 Å². The molecule has 0 aliphatic heterocycles. The van der Waals surface area contributed by atoms with Crippen molar-refractivity contribution in [1.29, 1.82) is 5.26 Å². The monoisotopic (exact) mass is 416 g/mol. The third kappa shape index (κ3) is 3.82. The van der Waals surface area contributed by atoms with E-state index in [1.54, 1.807) is 0 Å². The molecule has 0 bridgehead atoms. The van der Waals surface area contributed by atoms with Crippen LogP contribution in [0.15, 0.2) is 65.5 Å². The Morgan fingerprint density at radius 3 is 2.70 bits per heavy atom. The highest BCUT2D eigenvalue weighted by atomic mass is 32.2. The summed E-state index contributed by atoms with van der Waals surface area (Å²) >= 11 is 1.40. The van der Waals surface area contributed by atoms with Crippen LogP contribution in [0.5, 0.6) is 0 Å². The van der Waals surface area contributed by atoms with Crippen molar-refractivity contribution in [1.82, 2.24) is 14.7 Å². The molecule has 4 aromatic rings. The molecule has 0 saturated carbocycles. The third-order valence-corrected chi connectivity index (χ3v) is 6.17. The maximum Gasteiger partial charge on any atom is 0.257 e. The number of carbonyl (C=O) groups excluding carboxylic acids is 1. The number of aromatic nitrogens is 2. The van der Waals surface area contributed by atoms with Crippen LogP contribution < -0.4 is 10.9 Å². The van der Waals surface area contributed by atoms with Gasteiger partial charge in [0.2, 0.25) is 5.91 Å². The van der Waals surface area contributed by atoms with Crippen molar-refractivity contribution >= 4 is 34.3 Å². The minimum absolute atomic E-state index is 0.0780. The average molecular weight is 417 g/mol. The molecule has 7 heteroatoms. The van der Waals surface area contributed by atoms with Gasteiger partial charge >= 0.3 is 0 Å². The van der Waals surface area contributed by atoms with Crippen molar-refractivity contribution in [3.8, 4) is 6.07 Å². The van der Waals surface area contributed by atoms with Crippen LogP contribution >= 0.6 is 11.8 Å². The van der Waals surface area contributed by atoms with Crippen molar-refractivity contribution in [2.75, 3.05) is 0 Å². The summed E-state index contributed by atoms with van der Waals surface area (Å²) in [5, 5.41) is 12.4. The highest BCUT2D eigenvalue weighted by molar-refractivity contribution is 7.99. The molecule has 0 unspecified atom stereocenters. The lowest BCUT2D eigenvalue weighted by Gasteiger charge is -2.13. The van der Waals surface area contributed by atoms with Gasteiger partial charge in [0.05, 0.1) is 21.8 Å². The van der Waals surface area contributed by atoms with Gasteiger partial charge in [-0.2, -0.15) is 5.26 Å². The van der Waals surface area contributed by atoms with Gasteiger partial charge < -0.3 is 10.3 Å². The van der Waals surface area contributed by atoms with Gasteiger partial charge in [0, 0.05) is 18.4 Å². The number of nitriles is 1. The van der Waals surface area contributed by atoms with Crippen LogP contribution in [0.3, 0.4) is 0 Å². The summed E-state index contributed by atoms with van der Waals surface area (Å²) in [5.74, 6) is 0.315. The summed E-state index contributed by atoms with van der Waals surface area (Å²) in [6.45, 7) is 2.29. The van der Waals surface area contributed by atoms with Crippen LogP contribution in [0.2, 0.25) is 0 Å². The van der Waals surface area contributed by atoms with E-state index in [9.17, 15) is 14.9 Å². The molecule has 0 aliphatic carbocycles. The predicted molar refractivity (Wildman–Crippen MR) is 119 cm³/mol. The zero-order chi connectivity index (χ0) is 21.1. The van der Waals surface area contributed by atoms with Crippen LogP contribution in [-0.4, -0.2) is 20.5 Å². The number of nitrogens with zero attached hydrogens (tertiary/aromatic N) is 2. The Labute approximate surface area is 177 Å². The van der Waals surface area contributed by atoms with Crippen molar-refractivity contribution < 1.29 is 4.79 Å². The van der Waals surface area contributed by atoms with Gasteiger partial charge in [-0.15, -0.1) is 11.8 Å². The zero-order valence-electron chi connectivity index (χ0n) is 16.4. The Morgan fingerprint density at radius 2 is 1.93 bits per heavy atom. The summed E-state index contributed by atoms with van der Waals surface area (Å²) in [4.78, 5) is 28.3. The molecule has 0 saturated heterocycles. The van der Waals surface area contributed by atoms with E-state index in [0.29, 0.717) is 29.1 Å². The maximum atomic E-state index is 12.7. The first-order valence-electron chi connectivity index (χ1n) is 9.57. The fourth-order valence-corrected chi connectivity index (χ4v) is 4.27. The molecule has 2 N–H and O–H groups in total. The molecule has 0 spiro atoms. The quantitative estimate of drug-likeness (QED) is 0.503. The molecular formula is C23H20N4O2S. The highest BCUT2D eigenvalue weighted by Crippen LogP contribution is 2.24. The standard InChI is InChI=1S/C23H20N4O2S/c1-15(23(29)25-13-16-7-3-2-4-8-16)30-14-17-11-21(28)27-20-10-6-5-9-19(20)26-22(27)18(17)12-24/h2-11,15,26H,13-14H2,1H3,(H,25,29)/t15-/m0/s1. The molecule has 30 heavy (non-hydrogen) atoms. The fourth-order valence-electron chi connectivity index (χ4n) is 3.38. The molecule has 150 valence electrons. The molecule has 0 aliphatic rings. The number of fused-ring (bicyclic) bond motifs is 3. The molecule has 2 heterocycles. The van der Waals surface area contributed by atoms with E-state index in [2.05, 4.69) is 16.4 Å². The second kappa shape index (κ2) is 8.47. The molecule has 6 nitrogen and oxygen atoms in total. The van der Waals surface area contributed by atoms with Crippen molar-refractivity contribution in [3.63, 3.8) is 0 Å². The number of nitrogens with one attached hydrogen (secondary N) is 2. The van der Waals surface area contributed by atoms with E-state index in [1.807, 2.05) is 61.5 Å². The number of carbonyl (C=O) groups is 1. The summed E-state index contributed by atoms with van der Waals surface area (Å²) in [6.07, 6.45) is 0. The summed E-state index contributed by atoms with van der Waals surface area (Å²) in [7, 11) is 0. The first-order chi connectivity index (χ1) is 14.6. The molecule has 2 aromatic carbocycles. The summed E-state index contributed by atoms with van der Waals surface area (Å²) in [6, 6.07) is 20.9. The number of hydrogen-bond donors (Lipinski definition) is 2. The van der Waals surface area contributed by atoms with Crippen molar-refractivity contribution in [3.05, 3.63) is 87.7 Å². The Kier molecular flexibility index (Phi) is 5.59. The lowest BCUT2D eigenvalue weighted by Crippen LogP contribution is -2.30. The number of H-pyrrole nitrogens is 1. The topological polar surface area (TPSA) is 90.2 Å². The van der Waals surface area contributed by atoms with Crippen LogP contribution in [-0.2, 0) is 17.1 Å². The van der Waals surface area contributed by atoms with Gasteiger partial charge in [0.15, 0.2) is 0 Å². The maximum absolute atomic E-state index is 12.7. The highest BCUT2D eigenvalue weighted by Gasteiger charge is 2.18. The minimum atomic E-state index is -0.318. The number of benzene rings is 2. The van der Waals surface area contributed by atoms with Crippen LogP contribution in [0.25, 0.3) is 16.7 Å². The Morgan fingerprint density at radius 1 is 1.20 bits per heavy atom. The second-order valence-corrected chi connectivity index (χ2v) is 8.31. The zero-order valence-corrected chi connectivity index (χ0v) is 17.2. The van der Waals surface area contributed by atoms with Crippen LogP contribution in [0.4, 0.5) is 0 Å². The van der Waals surface area contributed by atoms with Gasteiger partial charge in [-0.25, -0.2) is 0 Å². The van der Waals surface area contributed by atoms with Gasteiger partial charge in [-0.3, -0.25) is 14.0 Å². The number of aromatic amines is 1. The number of hydrogen-bond acceptors (Lipinski definition) is 4. The van der Waals surface area contributed by atoms with E-state index in [0.717, 1.165) is 16.6 Å². The van der Waals surface area contributed by atoms with Gasteiger partial charge in [-0.05, 0) is 30.2 Å². The lowest BCUT2D eigenvalue weighted by atomic mass is 10.1. The first kappa shape index (κ1) is 19.8. The summed E-state index contributed by atoms with van der Waals surface area (Å²) < 4.78 is 1.53. The smallest absolute Gasteiger partial charge is 0.257 e. The molecule has 1 atom stereocenters. The van der Waals surface area contributed by atoms with E-state index < -0.39 is 0 Å². The molecule has 0 radical (unpaired) electrons. The first-order valence-corrected chi connectivity index (χ1v) is 10.6. The number of rotatable bonds is 6. The molecule has 1 amide bonds. The van der Waals surface area contributed by atoms with Crippen LogP contribution in [0.1, 0.15) is 23.6 Å². The van der Waals surface area contributed by atoms with E-state index in [-0.39, 0.29) is 16.7 Å². The van der Waals surface area contributed by atoms with Crippen molar-refractivity contribution in [2.45, 2.75) is 24.5 Å². The van der Waals surface area contributed by atoms with E-state index in [4.69, 9.17) is 0 Å². The van der Waals surface area contributed by atoms with E-state index >= 15 is 0 Å². The second-order valence-electron chi connectivity index (χ2n) is 6.98. The molecule has 4 rings (SSSR count). The SMILES string of the molecule is C[C@H](SCc1cc(=O)n2c([nH]c3ccccc32)c1C#N)C(=O)NCc1ccccc1. The normalized spacial score (nSPS) is 12.0. The Bertz CT molecular complexity index is 1320. The number of para-hydroxylation sites is 2. The largest absolute Gasteiger partial charge is 0.351 e. The lowest BCUT2D eigenvalue weighted by molar-refractivity contribution is -0.120. The van der Waals surface area contributed by atoms with E-state index in [1.165, 1.54) is 22.2 Å². The predicted octanol–water partition coefficient (Wildman–Crippen LogP) is 3.59.